The van der Waals surface area contributed by atoms with E-state index in [1.807, 2.05) is 32.0 Å². The highest BCUT2D eigenvalue weighted by Crippen LogP contribution is 2.40. The Labute approximate surface area is 200 Å². The summed E-state index contributed by atoms with van der Waals surface area (Å²) < 4.78 is 5.76. The summed E-state index contributed by atoms with van der Waals surface area (Å²) in [6.45, 7) is 13.4. The van der Waals surface area contributed by atoms with Crippen molar-refractivity contribution >= 4 is 17.0 Å². The Hall–Kier alpha value is -2.79. The van der Waals surface area contributed by atoms with E-state index in [1.54, 1.807) is 11.3 Å². The molecule has 6 nitrogen and oxygen atoms in total. The molecule has 0 saturated heterocycles. The Kier molecular flexibility index (Phi) is 7.39. The third-order valence-corrected chi connectivity index (χ3v) is 6.81. The molecule has 1 aliphatic rings. The predicted octanol–water partition coefficient (Wildman–Crippen LogP) is 5.74. The van der Waals surface area contributed by atoms with Crippen molar-refractivity contribution in [3.63, 3.8) is 0 Å². The van der Waals surface area contributed by atoms with Gasteiger partial charge in [0.05, 0.1) is 12.7 Å². The molecule has 0 spiro atoms. The first-order chi connectivity index (χ1) is 16.0. The van der Waals surface area contributed by atoms with Gasteiger partial charge in [-0.15, -0.1) is 10.2 Å². The molecule has 1 heterocycles. The molecule has 0 amide bonds. The largest absolute Gasteiger partial charge is 0.502 e. The number of benzene rings is 2. The van der Waals surface area contributed by atoms with E-state index >= 15 is 0 Å². The van der Waals surface area contributed by atoms with Gasteiger partial charge in [-0.2, -0.15) is 0 Å². The molecule has 1 aliphatic carbocycles. The molecule has 0 unspecified atom stereocenters. The number of ether oxygens (including phenoxy) is 1. The van der Waals surface area contributed by atoms with Gasteiger partial charge in [0, 0.05) is 30.3 Å². The first kappa shape index (κ1) is 23.4. The maximum atomic E-state index is 7.53. The molecular formula is C26H31N5OS. The lowest BCUT2D eigenvalue weighted by Gasteiger charge is -2.28. The smallest absolute Gasteiger partial charge is 0.228 e. The Balaban J connectivity index is 1.60. The van der Waals surface area contributed by atoms with Gasteiger partial charge in [0.1, 0.15) is 15.8 Å². The van der Waals surface area contributed by atoms with Crippen LogP contribution in [0.1, 0.15) is 43.9 Å². The molecule has 0 bridgehead atoms. The Morgan fingerprint density at radius 2 is 2.03 bits per heavy atom. The van der Waals surface area contributed by atoms with Crippen LogP contribution in [0.5, 0.6) is 5.75 Å². The van der Waals surface area contributed by atoms with Crippen LogP contribution < -0.4 is 10.1 Å². The Morgan fingerprint density at radius 1 is 1.21 bits per heavy atom. The molecule has 7 heteroatoms. The molecule has 3 aromatic rings. The normalized spacial score (nSPS) is 15.5. The first-order valence-electron chi connectivity index (χ1n) is 11.5. The van der Waals surface area contributed by atoms with Gasteiger partial charge in [-0.05, 0) is 70.5 Å². The first-order valence-corrected chi connectivity index (χ1v) is 12.3. The number of likely N-dealkylation sites (N-methyl/N-ethyl adjacent to an activating group) is 1. The summed E-state index contributed by atoms with van der Waals surface area (Å²) in [6.07, 6.45) is 3.42. The van der Waals surface area contributed by atoms with Gasteiger partial charge in [-0.1, -0.05) is 35.6 Å². The average Bonchev–Trinajstić information content (AvgIpc) is 3.28. The second-order valence-electron chi connectivity index (χ2n) is 8.95. The second kappa shape index (κ2) is 10.4. The lowest BCUT2D eigenvalue weighted by molar-refractivity contribution is 0.244. The van der Waals surface area contributed by atoms with E-state index in [0.717, 1.165) is 41.5 Å². The number of nitrogens with one attached hydrogen (secondary N) is 1. The van der Waals surface area contributed by atoms with Crippen LogP contribution in [-0.4, -0.2) is 48.4 Å². The Morgan fingerprint density at radius 3 is 2.79 bits per heavy atom. The van der Waals surface area contributed by atoms with Crippen LogP contribution in [0.3, 0.4) is 0 Å². The summed E-state index contributed by atoms with van der Waals surface area (Å²) in [5, 5.41) is 14.5. The highest BCUT2D eigenvalue weighted by atomic mass is 32.1. The number of hydrogen-bond donors (Lipinski definition) is 1. The van der Waals surface area contributed by atoms with Crippen LogP contribution >= 0.6 is 11.3 Å². The fourth-order valence-electron chi connectivity index (χ4n) is 4.26. The van der Waals surface area contributed by atoms with Crippen LogP contribution in [0.4, 0.5) is 5.69 Å². The summed E-state index contributed by atoms with van der Waals surface area (Å²) in [4.78, 5) is 5.85. The summed E-state index contributed by atoms with van der Waals surface area (Å²) in [7, 11) is 4.21. The zero-order valence-electron chi connectivity index (χ0n) is 19.8. The molecule has 4 rings (SSSR count). The topological polar surface area (TPSA) is 54.6 Å². The van der Waals surface area contributed by atoms with E-state index in [4.69, 9.17) is 11.3 Å². The summed E-state index contributed by atoms with van der Waals surface area (Å²) >= 11 is 1.58. The quantitative estimate of drug-likeness (QED) is 0.434. The van der Waals surface area contributed by atoms with Crippen LogP contribution in [0.25, 0.3) is 26.0 Å². The molecule has 0 radical (unpaired) electrons. The monoisotopic (exact) mass is 461 g/mol. The van der Waals surface area contributed by atoms with Gasteiger partial charge in [-0.3, -0.25) is 0 Å². The van der Waals surface area contributed by atoms with E-state index in [-0.39, 0.29) is 6.10 Å². The minimum Gasteiger partial charge on any atom is -0.502 e. The Bertz CT molecular complexity index is 1150. The molecule has 33 heavy (non-hydrogen) atoms. The lowest BCUT2D eigenvalue weighted by Crippen LogP contribution is -2.31. The standard InChI is InChI=1S/C26H31N5OS/c1-17(2)32-24-13-12-18(16-23(24)27-3)25-29-30-26(33-25)21-10-6-9-20-19(21)8-7-11-22(20)28-14-15-31(4)5/h6,9-10,12-13,16-17,22,28H,7-8,11,14-15H2,1-2,4-5H3/t22-/m1/s1. The van der Waals surface area contributed by atoms with E-state index in [2.05, 4.69) is 57.6 Å². The highest BCUT2D eigenvalue weighted by molar-refractivity contribution is 7.17. The molecule has 0 fully saturated rings. The van der Waals surface area contributed by atoms with Crippen molar-refractivity contribution in [2.75, 3.05) is 27.2 Å². The third-order valence-electron chi connectivity index (χ3n) is 5.80. The van der Waals surface area contributed by atoms with E-state index < -0.39 is 0 Å². The van der Waals surface area contributed by atoms with Gasteiger partial charge in [0.2, 0.25) is 5.69 Å². The van der Waals surface area contributed by atoms with Crippen molar-refractivity contribution in [2.24, 2.45) is 0 Å². The predicted molar refractivity (Wildman–Crippen MR) is 135 cm³/mol. The average molecular weight is 462 g/mol. The molecule has 1 atom stereocenters. The molecule has 2 aromatic carbocycles. The minimum absolute atomic E-state index is 0.0231. The van der Waals surface area contributed by atoms with Gasteiger partial charge >= 0.3 is 0 Å². The van der Waals surface area contributed by atoms with Crippen molar-refractivity contribution in [1.29, 1.82) is 0 Å². The van der Waals surface area contributed by atoms with Crippen molar-refractivity contribution in [3.8, 4) is 26.9 Å². The lowest BCUT2D eigenvalue weighted by atomic mass is 9.85. The number of rotatable bonds is 8. The van der Waals surface area contributed by atoms with Crippen molar-refractivity contribution in [3.05, 3.63) is 58.9 Å². The molecule has 1 N–H and O–H groups in total. The van der Waals surface area contributed by atoms with Crippen LogP contribution in [0.2, 0.25) is 0 Å². The van der Waals surface area contributed by atoms with Gasteiger partial charge in [-0.25, -0.2) is 4.85 Å². The number of hydrogen-bond acceptors (Lipinski definition) is 6. The van der Waals surface area contributed by atoms with E-state index in [0.29, 0.717) is 17.5 Å². The summed E-state index contributed by atoms with van der Waals surface area (Å²) in [5.41, 5.74) is 5.35. The summed E-state index contributed by atoms with van der Waals surface area (Å²) in [6, 6.07) is 12.6. The second-order valence-corrected chi connectivity index (χ2v) is 9.93. The minimum atomic E-state index is 0.0231. The molecule has 0 aliphatic heterocycles. The van der Waals surface area contributed by atoms with Gasteiger partial charge in [0.25, 0.3) is 0 Å². The summed E-state index contributed by atoms with van der Waals surface area (Å²) in [5.74, 6) is 0.610. The SMILES string of the molecule is [C-]#[N+]c1cc(-c2nnc(-c3cccc4c3CCC[C@H]4NCCN(C)C)s2)ccc1OC(C)C. The fraction of sp³-hybridized carbons (Fsp3) is 0.423. The zero-order valence-corrected chi connectivity index (χ0v) is 20.6. The zero-order chi connectivity index (χ0) is 23.4. The van der Waals surface area contributed by atoms with Gasteiger partial charge in [0.15, 0.2) is 0 Å². The van der Waals surface area contributed by atoms with E-state index in [1.165, 1.54) is 23.1 Å². The van der Waals surface area contributed by atoms with Crippen molar-refractivity contribution in [2.45, 2.75) is 45.3 Å². The maximum Gasteiger partial charge on any atom is 0.228 e. The van der Waals surface area contributed by atoms with E-state index in [9.17, 15) is 0 Å². The number of aromatic nitrogens is 2. The molecular weight excluding hydrogens is 430 g/mol. The van der Waals surface area contributed by atoms with Crippen LogP contribution in [-0.2, 0) is 6.42 Å². The van der Waals surface area contributed by atoms with Crippen molar-refractivity contribution in [1.82, 2.24) is 20.4 Å². The van der Waals surface area contributed by atoms with Crippen LogP contribution in [0.15, 0.2) is 36.4 Å². The number of fused-ring (bicyclic) bond motifs is 1. The number of nitrogens with zero attached hydrogens (tertiary/aromatic N) is 4. The molecule has 172 valence electrons. The maximum absolute atomic E-state index is 7.53. The highest BCUT2D eigenvalue weighted by Gasteiger charge is 2.24. The fourth-order valence-corrected chi connectivity index (χ4v) is 5.16. The third kappa shape index (κ3) is 5.41. The van der Waals surface area contributed by atoms with Crippen molar-refractivity contribution < 1.29 is 4.74 Å². The van der Waals surface area contributed by atoms with Crippen LogP contribution in [0, 0.1) is 6.57 Å². The van der Waals surface area contributed by atoms with Gasteiger partial charge < -0.3 is 15.0 Å². The molecule has 1 aromatic heterocycles. The molecule has 0 saturated carbocycles.